The maximum atomic E-state index is 13.9. The van der Waals surface area contributed by atoms with Crippen molar-refractivity contribution in [1.29, 1.82) is 0 Å². The predicted molar refractivity (Wildman–Crippen MR) is 91.2 cm³/mol. The maximum absolute atomic E-state index is 13.9. The highest BCUT2D eigenvalue weighted by atomic mass is 19.1. The van der Waals surface area contributed by atoms with Crippen LogP contribution in [-0.4, -0.2) is 29.4 Å². The van der Waals surface area contributed by atoms with Crippen molar-refractivity contribution in [3.05, 3.63) is 63.3 Å². The molecule has 2 aromatic rings. The van der Waals surface area contributed by atoms with Crippen molar-refractivity contribution in [2.24, 2.45) is 0 Å². The molecule has 25 heavy (non-hydrogen) atoms. The number of benzene rings is 1. The number of nitrogens with zero attached hydrogens (tertiary/aromatic N) is 1. The van der Waals surface area contributed by atoms with Gasteiger partial charge in [0.1, 0.15) is 17.4 Å². The molecule has 6 nitrogen and oxygen atoms in total. The van der Waals surface area contributed by atoms with Gasteiger partial charge in [0, 0.05) is 12.2 Å². The molecule has 7 heteroatoms. The highest BCUT2D eigenvalue weighted by Crippen LogP contribution is 2.24. The molecule has 0 radical (unpaired) electrons. The van der Waals surface area contributed by atoms with E-state index in [2.05, 4.69) is 10.3 Å². The Labute approximate surface area is 143 Å². The van der Waals surface area contributed by atoms with Gasteiger partial charge in [-0.3, -0.25) is 14.4 Å². The van der Waals surface area contributed by atoms with Crippen LogP contribution in [0, 0.1) is 19.7 Å². The van der Waals surface area contributed by atoms with Crippen molar-refractivity contribution >= 4 is 17.5 Å². The number of nitrogens with one attached hydrogen (secondary N) is 2. The second-order valence-electron chi connectivity index (χ2n) is 6.10. The first-order chi connectivity index (χ1) is 11.9. The number of carbonyl (C=O) groups is 2. The third-order valence-electron chi connectivity index (χ3n) is 4.25. The number of aryl methyl sites for hydroxylation is 2. The lowest BCUT2D eigenvalue weighted by molar-refractivity contribution is -0.118. The Balaban J connectivity index is 1.79. The Hall–Kier alpha value is -2.96. The van der Waals surface area contributed by atoms with Crippen LogP contribution in [-0.2, 0) is 4.79 Å². The number of aromatic amines is 1. The molecular weight excluding hydrogens is 325 g/mol. The first-order valence-electron chi connectivity index (χ1n) is 7.96. The number of aromatic nitrogens is 1. The number of carbonyl (C=O) groups excluding carboxylic acids is 2. The number of anilines is 1. The molecule has 0 aliphatic carbocycles. The Morgan fingerprint density at radius 3 is 2.68 bits per heavy atom. The lowest BCUT2D eigenvalue weighted by Crippen LogP contribution is -2.43. The maximum Gasteiger partial charge on any atom is 0.261 e. The van der Waals surface area contributed by atoms with Crippen molar-refractivity contribution in [3.63, 3.8) is 0 Å². The highest BCUT2D eigenvalue weighted by Gasteiger charge is 2.35. The summed E-state index contributed by atoms with van der Waals surface area (Å²) in [5.41, 5.74) is 0.875. The quantitative estimate of drug-likeness (QED) is 0.889. The first-order valence-corrected chi connectivity index (χ1v) is 7.96. The molecule has 0 unspecified atom stereocenters. The topological polar surface area (TPSA) is 82.3 Å². The van der Waals surface area contributed by atoms with Crippen molar-refractivity contribution < 1.29 is 14.0 Å². The van der Waals surface area contributed by atoms with E-state index in [1.54, 1.807) is 32.0 Å². The van der Waals surface area contributed by atoms with E-state index in [0.717, 1.165) is 0 Å². The summed E-state index contributed by atoms with van der Waals surface area (Å²) in [6.07, 6.45) is 0.349. The van der Waals surface area contributed by atoms with E-state index >= 15 is 0 Å². The van der Waals surface area contributed by atoms with Gasteiger partial charge < -0.3 is 15.2 Å². The van der Waals surface area contributed by atoms with Gasteiger partial charge in [-0.15, -0.1) is 0 Å². The van der Waals surface area contributed by atoms with Gasteiger partial charge in [0.05, 0.1) is 5.69 Å². The molecule has 2 N–H and O–H groups in total. The SMILES string of the molecule is Cc1cc(C)c(C(=O)N[C@@H]2CCN(c3ccccc3F)C2=O)c(=O)[nH]1. The van der Waals surface area contributed by atoms with E-state index in [-0.39, 0.29) is 17.2 Å². The van der Waals surface area contributed by atoms with Gasteiger partial charge in [0.25, 0.3) is 11.5 Å². The second-order valence-corrected chi connectivity index (χ2v) is 6.10. The normalized spacial score (nSPS) is 17.0. The minimum atomic E-state index is -0.785. The summed E-state index contributed by atoms with van der Waals surface area (Å²) < 4.78 is 13.9. The van der Waals surface area contributed by atoms with E-state index in [1.165, 1.54) is 17.0 Å². The number of halogens is 1. The molecule has 1 aliphatic heterocycles. The van der Waals surface area contributed by atoms with E-state index in [0.29, 0.717) is 24.2 Å². The minimum Gasteiger partial charge on any atom is -0.340 e. The lowest BCUT2D eigenvalue weighted by atomic mass is 10.1. The molecule has 130 valence electrons. The second kappa shape index (κ2) is 6.51. The van der Waals surface area contributed by atoms with Gasteiger partial charge in [0.15, 0.2) is 0 Å². The zero-order valence-corrected chi connectivity index (χ0v) is 13.9. The minimum absolute atomic E-state index is 0.0114. The molecule has 1 fully saturated rings. The molecule has 1 saturated heterocycles. The summed E-state index contributed by atoms with van der Waals surface area (Å²) in [7, 11) is 0. The van der Waals surface area contributed by atoms with Crippen molar-refractivity contribution in [3.8, 4) is 0 Å². The Bertz CT molecular complexity index is 907. The molecule has 0 bridgehead atoms. The number of H-pyrrole nitrogens is 1. The molecule has 2 heterocycles. The summed E-state index contributed by atoms with van der Waals surface area (Å²) in [5, 5.41) is 2.59. The molecule has 1 aliphatic rings. The standard InChI is InChI=1S/C18H18FN3O3/c1-10-9-11(2)20-16(23)15(10)17(24)21-13-7-8-22(18(13)25)14-6-4-3-5-12(14)19/h3-6,9,13H,7-8H2,1-2H3,(H,20,23)(H,21,24)/t13-/m1/s1. The molecular formula is C18H18FN3O3. The number of amides is 2. The van der Waals surface area contributed by atoms with Gasteiger partial charge in [-0.05, 0) is 44.0 Å². The van der Waals surface area contributed by atoms with Gasteiger partial charge in [-0.2, -0.15) is 0 Å². The molecule has 2 amide bonds. The average molecular weight is 343 g/mol. The monoisotopic (exact) mass is 343 g/mol. The van der Waals surface area contributed by atoms with E-state index < -0.39 is 23.3 Å². The van der Waals surface area contributed by atoms with Crippen molar-refractivity contribution in [1.82, 2.24) is 10.3 Å². The zero-order chi connectivity index (χ0) is 18.1. The van der Waals surface area contributed by atoms with E-state index in [4.69, 9.17) is 0 Å². The fourth-order valence-electron chi connectivity index (χ4n) is 3.09. The first kappa shape index (κ1) is 16.9. The van der Waals surface area contributed by atoms with Gasteiger partial charge >= 0.3 is 0 Å². The summed E-state index contributed by atoms with van der Waals surface area (Å²) in [6.45, 7) is 3.69. The van der Waals surface area contributed by atoms with Crippen LogP contribution in [0.2, 0.25) is 0 Å². The van der Waals surface area contributed by atoms with E-state index in [9.17, 15) is 18.8 Å². The number of pyridine rings is 1. The zero-order valence-electron chi connectivity index (χ0n) is 13.9. The Morgan fingerprint density at radius 2 is 2.00 bits per heavy atom. The molecule has 1 aromatic heterocycles. The predicted octanol–water partition coefficient (Wildman–Crippen LogP) is 1.67. The molecule has 1 atom stereocenters. The highest BCUT2D eigenvalue weighted by molar-refractivity contribution is 6.04. The third-order valence-corrected chi connectivity index (χ3v) is 4.25. The largest absolute Gasteiger partial charge is 0.340 e. The van der Waals surface area contributed by atoms with Crippen LogP contribution in [0.3, 0.4) is 0 Å². The van der Waals surface area contributed by atoms with Crippen LogP contribution in [0.4, 0.5) is 10.1 Å². The molecule has 0 spiro atoms. The van der Waals surface area contributed by atoms with Crippen LogP contribution in [0.5, 0.6) is 0 Å². The van der Waals surface area contributed by atoms with Crippen LogP contribution in [0.15, 0.2) is 35.1 Å². The van der Waals surface area contributed by atoms with Crippen LogP contribution < -0.4 is 15.8 Å². The van der Waals surface area contributed by atoms with Crippen LogP contribution in [0.1, 0.15) is 28.0 Å². The average Bonchev–Trinajstić information content (AvgIpc) is 2.88. The summed E-state index contributed by atoms with van der Waals surface area (Å²) in [4.78, 5) is 40.9. The smallest absolute Gasteiger partial charge is 0.261 e. The fraction of sp³-hybridized carbons (Fsp3) is 0.278. The molecule has 1 aromatic carbocycles. The summed E-state index contributed by atoms with van der Waals surface area (Å²) in [5.74, 6) is -1.49. The summed E-state index contributed by atoms with van der Waals surface area (Å²) in [6, 6.07) is 6.90. The van der Waals surface area contributed by atoms with Crippen molar-refractivity contribution in [2.45, 2.75) is 26.3 Å². The lowest BCUT2D eigenvalue weighted by Gasteiger charge is -2.18. The van der Waals surface area contributed by atoms with Crippen molar-refractivity contribution in [2.75, 3.05) is 11.4 Å². The Kier molecular flexibility index (Phi) is 4.39. The number of para-hydroxylation sites is 1. The number of hydrogen-bond acceptors (Lipinski definition) is 3. The third kappa shape index (κ3) is 3.17. The van der Waals surface area contributed by atoms with Crippen LogP contribution in [0.25, 0.3) is 0 Å². The van der Waals surface area contributed by atoms with Gasteiger partial charge in [-0.25, -0.2) is 4.39 Å². The molecule has 0 saturated carbocycles. The fourth-order valence-corrected chi connectivity index (χ4v) is 3.09. The Morgan fingerprint density at radius 1 is 1.28 bits per heavy atom. The molecule has 3 rings (SSSR count). The van der Waals surface area contributed by atoms with E-state index in [1.807, 2.05) is 0 Å². The van der Waals surface area contributed by atoms with Gasteiger partial charge in [-0.1, -0.05) is 12.1 Å². The number of hydrogen-bond donors (Lipinski definition) is 2. The summed E-state index contributed by atoms with van der Waals surface area (Å²) >= 11 is 0. The van der Waals surface area contributed by atoms with Crippen LogP contribution >= 0.6 is 0 Å². The number of rotatable bonds is 3. The van der Waals surface area contributed by atoms with Gasteiger partial charge in [0.2, 0.25) is 5.91 Å².